The molecule has 0 unspecified atom stereocenters. The number of ether oxygens (including phenoxy) is 1. The molecule has 0 radical (unpaired) electrons. The monoisotopic (exact) mass is 291 g/mol. The molecule has 0 heterocycles. The topological polar surface area (TPSA) is 75.6 Å². The summed E-state index contributed by atoms with van der Waals surface area (Å²) >= 11 is 0. The number of carbonyl (C=O) groups is 2. The molecule has 0 saturated carbocycles. The van der Waals surface area contributed by atoms with Gasteiger partial charge in [0.2, 0.25) is 5.91 Å². The first-order valence-electron chi connectivity index (χ1n) is 5.59. The van der Waals surface area contributed by atoms with Crippen molar-refractivity contribution in [1.82, 2.24) is 5.32 Å². The summed E-state index contributed by atoms with van der Waals surface area (Å²) in [5.41, 5.74) is 0.493. The fourth-order valence-corrected chi connectivity index (χ4v) is 1.37. The van der Waals surface area contributed by atoms with Crippen LogP contribution in [0.3, 0.4) is 0 Å². The van der Waals surface area contributed by atoms with Crippen LogP contribution in [-0.2, 0) is 16.0 Å². The third-order valence-electron chi connectivity index (χ3n) is 2.18. The van der Waals surface area contributed by atoms with Gasteiger partial charge in [-0.05, 0) is 17.7 Å². The van der Waals surface area contributed by atoms with Crippen molar-refractivity contribution in [2.45, 2.75) is 19.2 Å². The Morgan fingerprint density at radius 3 is 2.30 bits per heavy atom. The van der Waals surface area contributed by atoms with Gasteiger partial charge in [0.05, 0.1) is 12.8 Å². The second kappa shape index (κ2) is 6.78. The molecule has 110 valence electrons. The van der Waals surface area contributed by atoms with E-state index in [1.807, 2.05) is 0 Å². The molecule has 0 bridgehead atoms. The third kappa shape index (κ3) is 6.62. The van der Waals surface area contributed by atoms with Gasteiger partial charge in [-0.1, -0.05) is 12.1 Å². The van der Waals surface area contributed by atoms with E-state index in [1.54, 1.807) is 0 Å². The largest absolute Gasteiger partial charge is 0.573 e. The van der Waals surface area contributed by atoms with E-state index >= 15 is 0 Å². The number of carboxylic acid groups (broad SMARTS) is 1. The van der Waals surface area contributed by atoms with E-state index in [-0.39, 0.29) is 25.1 Å². The molecule has 0 fully saturated rings. The van der Waals surface area contributed by atoms with Crippen molar-refractivity contribution >= 4 is 11.9 Å². The maximum atomic E-state index is 11.9. The van der Waals surface area contributed by atoms with Gasteiger partial charge in [-0.25, -0.2) is 0 Å². The molecule has 0 aromatic heterocycles. The maximum absolute atomic E-state index is 11.9. The van der Waals surface area contributed by atoms with Crippen molar-refractivity contribution in [3.8, 4) is 5.75 Å². The molecule has 1 aromatic carbocycles. The van der Waals surface area contributed by atoms with Gasteiger partial charge in [0.1, 0.15) is 5.75 Å². The lowest BCUT2D eigenvalue weighted by atomic mass is 10.1. The molecule has 2 N–H and O–H groups in total. The van der Waals surface area contributed by atoms with Crippen LogP contribution in [0.1, 0.15) is 12.0 Å². The SMILES string of the molecule is O=C(O)CCNC(=O)Cc1ccc(OC(F)(F)F)cc1. The van der Waals surface area contributed by atoms with E-state index in [9.17, 15) is 22.8 Å². The van der Waals surface area contributed by atoms with Gasteiger partial charge in [-0.15, -0.1) is 13.2 Å². The third-order valence-corrected chi connectivity index (χ3v) is 2.18. The predicted octanol–water partition coefficient (Wildman–Crippen LogP) is 1.72. The Morgan fingerprint density at radius 1 is 1.20 bits per heavy atom. The molecule has 0 atom stereocenters. The van der Waals surface area contributed by atoms with E-state index in [1.165, 1.54) is 12.1 Å². The summed E-state index contributed by atoms with van der Waals surface area (Å²) in [6, 6.07) is 4.87. The Labute approximate surface area is 112 Å². The van der Waals surface area contributed by atoms with Gasteiger partial charge in [0.15, 0.2) is 0 Å². The number of carboxylic acids is 1. The van der Waals surface area contributed by atoms with Crippen LogP contribution >= 0.6 is 0 Å². The Kier molecular flexibility index (Phi) is 5.36. The summed E-state index contributed by atoms with van der Waals surface area (Å²) in [4.78, 5) is 21.6. The van der Waals surface area contributed by atoms with Crippen molar-refractivity contribution in [2.75, 3.05) is 6.54 Å². The van der Waals surface area contributed by atoms with Crippen LogP contribution in [0.25, 0.3) is 0 Å². The second-order valence-corrected chi connectivity index (χ2v) is 3.86. The summed E-state index contributed by atoms with van der Waals surface area (Å²) in [6.45, 7) is 0.00341. The molecule has 1 amide bonds. The van der Waals surface area contributed by atoms with Gasteiger partial charge in [0, 0.05) is 6.54 Å². The van der Waals surface area contributed by atoms with Crippen LogP contribution in [0, 0.1) is 0 Å². The molecule has 0 saturated heterocycles. The smallest absolute Gasteiger partial charge is 0.481 e. The molecular weight excluding hydrogens is 279 g/mol. The first-order valence-corrected chi connectivity index (χ1v) is 5.59. The lowest BCUT2D eigenvalue weighted by Gasteiger charge is -2.09. The van der Waals surface area contributed by atoms with E-state index in [4.69, 9.17) is 5.11 Å². The number of rotatable bonds is 6. The summed E-state index contributed by atoms with van der Waals surface area (Å²) in [6.07, 6.45) is -4.99. The van der Waals surface area contributed by atoms with Gasteiger partial charge < -0.3 is 15.2 Å². The maximum Gasteiger partial charge on any atom is 0.573 e. The molecule has 5 nitrogen and oxygen atoms in total. The number of carbonyl (C=O) groups excluding carboxylic acids is 1. The Bertz CT molecular complexity index is 471. The van der Waals surface area contributed by atoms with Crippen LogP contribution in [-0.4, -0.2) is 29.9 Å². The van der Waals surface area contributed by atoms with Gasteiger partial charge in [-0.3, -0.25) is 9.59 Å². The first kappa shape index (κ1) is 15.8. The average molecular weight is 291 g/mol. The predicted molar refractivity (Wildman–Crippen MR) is 62.1 cm³/mol. The minimum Gasteiger partial charge on any atom is -0.481 e. The summed E-state index contributed by atoms with van der Waals surface area (Å²) in [7, 11) is 0. The highest BCUT2D eigenvalue weighted by Gasteiger charge is 2.30. The molecule has 0 aliphatic carbocycles. The van der Waals surface area contributed by atoms with Crippen LogP contribution in [0.5, 0.6) is 5.75 Å². The first-order chi connectivity index (χ1) is 9.26. The molecule has 20 heavy (non-hydrogen) atoms. The number of benzene rings is 1. The normalized spacial score (nSPS) is 10.9. The zero-order valence-corrected chi connectivity index (χ0v) is 10.2. The zero-order chi connectivity index (χ0) is 15.2. The van der Waals surface area contributed by atoms with Crippen molar-refractivity contribution in [1.29, 1.82) is 0 Å². The average Bonchev–Trinajstić information content (AvgIpc) is 2.29. The molecule has 1 rings (SSSR count). The number of hydrogen-bond donors (Lipinski definition) is 2. The van der Waals surface area contributed by atoms with E-state index in [0.29, 0.717) is 5.56 Å². The molecule has 0 aliphatic rings. The molecular formula is C12H12F3NO4. The molecule has 8 heteroatoms. The van der Waals surface area contributed by atoms with Crippen molar-refractivity contribution < 1.29 is 32.6 Å². The van der Waals surface area contributed by atoms with Gasteiger partial charge in [-0.2, -0.15) is 0 Å². The van der Waals surface area contributed by atoms with E-state index in [2.05, 4.69) is 10.1 Å². The number of aliphatic carboxylic acids is 1. The molecule has 0 aliphatic heterocycles. The van der Waals surface area contributed by atoms with Gasteiger partial charge in [0.25, 0.3) is 0 Å². The van der Waals surface area contributed by atoms with Crippen LogP contribution in [0.4, 0.5) is 13.2 Å². The van der Waals surface area contributed by atoms with Crippen LogP contribution in [0.2, 0.25) is 0 Å². The van der Waals surface area contributed by atoms with E-state index < -0.39 is 18.2 Å². The minimum absolute atomic E-state index is 0.00341. The number of halogens is 3. The van der Waals surface area contributed by atoms with Crippen LogP contribution in [0.15, 0.2) is 24.3 Å². The summed E-state index contributed by atoms with van der Waals surface area (Å²) in [5.74, 6) is -1.80. The standard InChI is InChI=1S/C12H12F3NO4/c13-12(14,15)20-9-3-1-8(2-4-9)7-10(17)16-6-5-11(18)19/h1-4H,5-7H2,(H,16,17)(H,18,19). The van der Waals surface area contributed by atoms with E-state index in [0.717, 1.165) is 12.1 Å². The number of hydrogen-bond acceptors (Lipinski definition) is 3. The molecule has 0 spiro atoms. The quantitative estimate of drug-likeness (QED) is 0.836. The number of nitrogens with one attached hydrogen (secondary N) is 1. The number of amides is 1. The van der Waals surface area contributed by atoms with Crippen molar-refractivity contribution in [3.63, 3.8) is 0 Å². The minimum atomic E-state index is -4.75. The summed E-state index contributed by atoms with van der Waals surface area (Å²) in [5, 5.41) is 10.8. The zero-order valence-electron chi connectivity index (χ0n) is 10.2. The Morgan fingerprint density at radius 2 is 1.80 bits per heavy atom. The Hall–Kier alpha value is -2.25. The fraction of sp³-hybridized carbons (Fsp3) is 0.333. The second-order valence-electron chi connectivity index (χ2n) is 3.86. The van der Waals surface area contributed by atoms with Crippen molar-refractivity contribution in [2.24, 2.45) is 0 Å². The highest BCUT2D eigenvalue weighted by molar-refractivity contribution is 5.79. The van der Waals surface area contributed by atoms with Crippen molar-refractivity contribution in [3.05, 3.63) is 29.8 Å². The number of alkyl halides is 3. The highest BCUT2D eigenvalue weighted by Crippen LogP contribution is 2.22. The Balaban J connectivity index is 2.45. The van der Waals surface area contributed by atoms with Crippen LogP contribution < -0.4 is 10.1 Å². The summed E-state index contributed by atoms with van der Waals surface area (Å²) < 4.78 is 39.5. The van der Waals surface area contributed by atoms with Gasteiger partial charge >= 0.3 is 12.3 Å². The highest BCUT2D eigenvalue weighted by atomic mass is 19.4. The lowest BCUT2D eigenvalue weighted by Crippen LogP contribution is -2.27. The molecule has 1 aromatic rings. The fourth-order valence-electron chi connectivity index (χ4n) is 1.37. The lowest BCUT2D eigenvalue weighted by molar-refractivity contribution is -0.274.